The smallest absolute Gasteiger partial charge is 0.337 e. The van der Waals surface area contributed by atoms with Gasteiger partial charge in [0.15, 0.2) is 0 Å². The first-order valence-electron chi connectivity index (χ1n) is 4.28. The molecular weight excluding hydrogens is 168 g/mol. The summed E-state index contributed by atoms with van der Waals surface area (Å²) in [5, 5.41) is 9.41. The first-order chi connectivity index (χ1) is 6.06. The minimum Gasteiger partial charge on any atom is -0.512 e. The van der Waals surface area contributed by atoms with Crippen molar-refractivity contribution in [1.29, 1.82) is 0 Å². The third-order valence-electron chi connectivity index (χ3n) is 2.33. The first-order valence-corrected chi connectivity index (χ1v) is 4.28. The van der Waals surface area contributed by atoms with E-state index in [1.165, 1.54) is 0 Å². The number of aliphatic hydroxyl groups is 1. The van der Waals surface area contributed by atoms with Gasteiger partial charge in [0.05, 0.1) is 5.57 Å². The fourth-order valence-electron chi connectivity index (χ4n) is 1.15. The van der Waals surface area contributed by atoms with Crippen molar-refractivity contribution in [1.82, 2.24) is 0 Å². The molecule has 0 spiro atoms. The van der Waals surface area contributed by atoms with Gasteiger partial charge in [0.25, 0.3) is 0 Å². The molecule has 0 saturated heterocycles. The average Bonchev–Trinajstić information content (AvgIpc) is 2.12. The zero-order valence-corrected chi connectivity index (χ0v) is 8.13. The Morgan fingerprint density at radius 2 is 2.31 bits per heavy atom. The van der Waals surface area contributed by atoms with E-state index in [4.69, 9.17) is 4.74 Å². The molecule has 3 nitrogen and oxygen atoms in total. The average molecular weight is 182 g/mol. The highest BCUT2D eigenvalue weighted by atomic mass is 16.5. The van der Waals surface area contributed by atoms with Gasteiger partial charge in [-0.2, -0.15) is 0 Å². The minimum atomic E-state index is -0.421. The molecule has 0 aliphatic carbocycles. The highest BCUT2D eigenvalue weighted by Crippen LogP contribution is 2.23. The van der Waals surface area contributed by atoms with Gasteiger partial charge in [-0.25, -0.2) is 4.79 Å². The lowest BCUT2D eigenvalue weighted by molar-refractivity contribution is -0.144. The summed E-state index contributed by atoms with van der Waals surface area (Å²) in [4.78, 5) is 11.2. The standard InChI is InChI=1S/C10H14O3/c1-4-6(2)9-5-8(11)7(3)10(12)13-9/h4,9,11H,5H2,1-3H3/b6-4+. The highest BCUT2D eigenvalue weighted by molar-refractivity contribution is 5.89. The van der Waals surface area contributed by atoms with Gasteiger partial charge in [-0.05, 0) is 26.3 Å². The van der Waals surface area contributed by atoms with Gasteiger partial charge in [-0.3, -0.25) is 0 Å². The summed E-state index contributed by atoms with van der Waals surface area (Å²) < 4.78 is 5.10. The molecule has 0 bridgehead atoms. The molecular formula is C10H14O3. The zero-order chi connectivity index (χ0) is 10.0. The predicted molar refractivity (Wildman–Crippen MR) is 49.3 cm³/mol. The number of allylic oxidation sites excluding steroid dienone is 1. The molecule has 72 valence electrons. The van der Waals surface area contributed by atoms with Crippen LogP contribution in [-0.4, -0.2) is 17.2 Å². The summed E-state index contributed by atoms with van der Waals surface area (Å²) in [6.07, 6.45) is 1.99. The van der Waals surface area contributed by atoms with E-state index in [2.05, 4.69) is 0 Å². The van der Waals surface area contributed by atoms with Crippen molar-refractivity contribution in [2.75, 3.05) is 0 Å². The van der Waals surface area contributed by atoms with Crippen LogP contribution >= 0.6 is 0 Å². The van der Waals surface area contributed by atoms with Gasteiger partial charge in [0.2, 0.25) is 0 Å². The second kappa shape index (κ2) is 3.64. The Bertz CT molecular complexity index is 287. The van der Waals surface area contributed by atoms with E-state index in [0.717, 1.165) is 5.57 Å². The van der Waals surface area contributed by atoms with Crippen LogP contribution in [0.2, 0.25) is 0 Å². The molecule has 0 amide bonds. The molecule has 1 N–H and O–H groups in total. The van der Waals surface area contributed by atoms with Gasteiger partial charge >= 0.3 is 5.97 Å². The van der Waals surface area contributed by atoms with Crippen molar-refractivity contribution in [3.8, 4) is 0 Å². The van der Waals surface area contributed by atoms with E-state index in [-0.39, 0.29) is 11.9 Å². The van der Waals surface area contributed by atoms with Crippen molar-refractivity contribution >= 4 is 5.97 Å². The van der Waals surface area contributed by atoms with Gasteiger partial charge in [0, 0.05) is 6.42 Å². The van der Waals surface area contributed by atoms with Gasteiger partial charge < -0.3 is 9.84 Å². The largest absolute Gasteiger partial charge is 0.512 e. The zero-order valence-electron chi connectivity index (χ0n) is 8.13. The molecule has 0 radical (unpaired) electrons. The predicted octanol–water partition coefficient (Wildman–Crippen LogP) is 2.10. The third-order valence-corrected chi connectivity index (χ3v) is 2.33. The number of hydrogen-bond acceptors (Lipinski definition) is 3. The van der Waals surface area contributed by atoms with Crippen LogP contribution < -0.4 is 0 Å². The summed E-state index contributed by atoms with van der Waals surface area (Å²) in [5.41, 5.74) is 1.28. The number of carbonyl (C=O) groups excluding carboxylic acids is 1. The molecule has 0 aromatic carbocycles. The van der Waals surface area contributed by atoms with Crippen molar-refractivity contribution in [3.63, 3.8) is 0 Å². The second-order valence-corrected chi connectivity index (χ2v) is 3.20. The summed E-state index contributed by atoms with van der Waals surface area (Å²) >= 11 is 0. The Morgan fingerprint density at radius 3 is 2.77 bits per heavy atom. The molecule has 0 aromatic heterocycles. The number of ether oxygens (including phenoxy) is 1. The van der Waals surface area contributed by atoms with Crippen LogP contribution in [0, 0.1) is 0 Å². The molecule has 0 saturated carbocycles. The third kappa shape index (κ3) is 1.91. The maximum atomic E-state index is 11.2. The van der Waals surface area contributed by atoms with Crippen molar-refractivity contribution in [2.24, 2.45) is 0 Å². The minimum absolute atomic E-state index is 0.141. The van der Waals surface area contributed by atoms with Crippen LogP contribution in [0.5, 0.6) is 0 Å². The van der Waals surface area contributed by atoms with Crippen molar-refractivity contribution in [2.45, 2.75) is 33.3 Å². The second-order valence-electron chi connectivity index (χ2n) is 3.20. The molecule has 1 atom stereocenters. The lowest BCUT2D eigenvalue weighted by Crippen LogP contribution is -2.26. The number of rotatable bonds is 1. The monoisotopic (exact) mass is 182 g/mol. The number of hydrogen-bond donors (Lipinski definition) is 1. The normalized spacial score (nSPS) is 24.7. The topological polar surface area (TPSA) is 46.5 Å². The molecule has 1 heterocycles. The molecule has 13 heavy (non-hydrogen) atoms. The molecule has 0 fully saturated rings. The van der Waals surface area contributed by atoms with E-state index in [1.54, 1.807) is 6.92 Å². The number of cyclic esters (lactones) is 1. The maximum Gasteiger partial charge on any atom is 0.337 e. The van der Waals surface area contributed by atoms with Crippen molar-refractivity contribution in [3.05, 3.63) is 23.0 Å². The molecule has 1 unspecified atom stereocenters. The molecule has 1 aliphatic rings. The molecule has 3 heteroatoms. The van der Waals surface area contributed by atoms with Gasteiger partial charge in [0.1, 0.15) is 11.9 Å². The van der Waals surface area contributed by atoms with E-state index in [1.807, 2.05) is 19.9 Å². The SMILES string of the molecule is C/C=C(\C)C1CC(O)=C(C)C(=O)O1. The Labute approximate surface area is 77.7 Å². The van der Waals surface area contributed by atoms with Crippen LogP contribution in [-0.2, 0) is 9.53 Å². The summed E-state index contributed by atoms with van der Waals surface area (Å²) in [7, 11) is 0. The number of carbonyl (C=O) groups is 1. The van der Waals surface area contributed by atoms with Crippen LogP contribution in [0.1, 0.15) is 27.2 Å². The van der Waals surface area contributed by atoms with Crippen molar-refractivity contribution < 1.29 is 14.6 Å². The van der Waals surface area contributed by atoms with Crippen LogP contribution in [0.15, 0.2) is 23.0 Å². The van der Waals surface area contributed by atoms with Gasteiger partial charge in [-0.1, -0.05) is 6.08 Å². The molecule has 0 aromatic rings. The van der Waals surface area contributed by atoms with E-state index in [0.29, 0.717) is 12.0 Å². The van der Waals surface area contributed by atoms with Crippen LogP contribution in [0.3, 0.4) is 0 Å². The lowest BCUT2D eigenvalue weighted by atomic mass is 10.0. The molecule has 1 rings (SSSR count). The van der Waals surface area contributed by atoms with E-state index >= 15 is 0 Å². The maximum absolute atomic E-state index is 11.2. The fourth-order valence-corrected chi connectivity index (χ4v) is 1.15. The summed E-state index contributed by atoms with van der Waals surface area (Å²) in [5.74, 6) is -0.280. The fraction of sp³-hybridized carbons (Fsp3) is 0.500. The van der Waals surface area contributed by atoms with Crippen LogP contribution in [0.25, 0.3) is 0 Å². The Hall–Kier alpha value is -1.25. The highest BCUT2D eigenvalue weighted by Gasteiger charge is 2.26. The summed E-state index contributed by atoms with van der Waals surface area (Å²) in [6.45, 7) is 5.33. The Balaban J connectivity index is 2.86. The number of aliphatic hydroxyl groups excluding tert-OH is 1. The van der Waals surface area contributed by atoms with Crippen LogP contribution in [0.4, 0.5) is 0 Å². The number of esters is 1. The van der Waals surface area contributed by atoms with E-state index in [9.17, 15) is 9.90 Å². The summed E-state index contributed by atoms with van der Waals surface area (Å²) in [6, 6.07) is 0. The molecule has 1 aliphatic heterocycles. The Morgan fingerprint density at radius 1 is 1.69 bits per heavy atom. The van der Waals surface area contributed by atoms with Gasteiger partial charge in [-0.15, -0.1) is 0 Å². The lowest BCUT2D eigenvalue weighted by Gasteiger charge is -2.23. The Kier molecular flexibility index (Phi) is 2.76. The quantitative estimate of drug-likeness (QED) is 0.499. The first kappa shape index (κ1) is 9.84. The van der Waals surface area contributed by atoms with E-state index < -0.39 is 5.97 Å².